The first-order valence-electron chi connectivity index (χ1n) is 0.378. The summed E-state index contributed by atoms with van der Waals surface area (Å²) in [5.74, 6) is 0. The molecule has 26 valence electrons. The minimum absolute atomic E-state index is 0. The Labute approximate surface area is 53.3 Å². The zero-order chi connectivity index (χ0) is 2.71. The van der Waals surface area contributed by atoms with E-state index in [1.54, 1.807) is 0 Å². The van der Waals surface area contributed by atoms with Crippen LogP contribution in [0.1, 0.15) is 0 Å². The van der Waals surface area contributed by atoms with Gasteiger partial charge in [-0.3, -0.25) is 0 Å². The summed E-state index contributed by atoms with van der Waals surface area (Å²) in [6, 6.07) is 0. The zero-order valence-electron chi connectivity index (χ0n) is 1.66. The average Bonchev–Trinajstić information content (AvgIpc) is 0.918. The molecule has 0 aromatic rings. The first-order valence-corrected chi connectivity index (χ1v) is 7.61. The number of rotatable bonds is 0. The number of hydrogen-bond donors (Lipinski definition) is 0. The van der Waals surface area contributed by atoms with Crippen molar-refractivity contribution in [2.45, 2.75) is 0 Å². The second-order valence-electron chi connectivity index (χ2n) is 0.0714. The molecule has 0 N–H and O–H groups in total. The predicted octanol–water partition coefficient (Wildman–Crippen LogP) is 1.58. The first kappa shape index (κ1) is 9.29. The molecule has 0 nitrogen and oxygen atoms in total. The Bertz CT molecular complexity index is 6.00. The number of hydrogen-bond acceptors (Lipinski definition) is 0. The maximum atomic E-state index is 4.93. The molecule has 2 radical (unpaired) electrons. The maximum absolute atomic E-state index is 4.93. The molecular weight excluding hydrogens is 270 g/mol. The third-order valence-corrected chi connectivity index (χ3v) is 0. The van der Waals surface area contributed by atoms with Gasteiger partial charge in [-0.2, -0.15) is 0 Å². The van der Waals surface area contributed by atoms with Gasteiger partial charge in [0, 0.05) is 0 Å². The molecule has 0 spiro atoms. The van der Waals surface area contributed by atoms with E-state index < -0.39 is 18.9 Å². The van der Waals surface area contributed by atoms with Crippen LogP contribution in [-0.4, -0.2) is 18.9 Å². The van der Waals surface area contributed by atoms with Crippen molar-refractivity contribution in [3.63, 3.8) is 0 Å². The summed E-state index contributed by atoms with van der Waals surface area (Å²) in [6.45, 7) is 0. The van der Waals surface area contributed by atoms with Crippen LogP contribution in [0.2, 0.25) is 0 Å². The molecule has 0 saturated heterocycles. The van der Waals surface area contributed by atoms with Crippen molar-refractivity contribution in [3.8, 4) is 0 Å². The third kappa shape index (κ3) is 9.13. The summed E-state index contributed by atoms with van der Waals surface area (Å²) in [5, 5.41) is 0. The molecular formula is HBrCl2Sn. The molecule has 4 heavy (non-hydrogen) atoms. The second-order valence-corrected chi connectivity index (χ2v) is 4.31. The Balaban J connectivity index is 0. The van der Waals surface area contributed by atoms with Gasteiger partial charge < -0.3 is 0 Å². The fourth-order valence-electron chi connectivity index (χ4n) is 0. The minimum atomic E-state index is -0.826. The van der Waals surface area contributed by atoms with Crippen molar-refractivity contribution in [2.24, 2.45) is 0 Å². The zero-order valence-corrected chi connectivity index (χ0v) is 7.74. The van der Waals surface area contributed by atoms with E-state index >= 15 is 0 Å². The van der Waals surface area contributed by atoms with Crippen molar-refractivity contribution >= 4 is 53.7 Å². The van der Waals surface area contributed by atoms with Crippen molar-refractivity contribution in [2.75, 3.05) is 0 Å². The summed E-state index contributed by atoms with van der Waals surface area (Å²) in [7, 11) is 9.87. The van der Waals surface area contributed by atoms with Crippen LogP contribution in [0.15, 0.2) is 0 Å². The van der Waals surface area contributed by atoms with Crippen molar-refractivity contribution in [1.29, 1.82) is 0 Å². The topological polar surface area (TPSA) is 0 Å². The van der Waals surface area contributed by atoms with Crippen LogP contribution in [-0.2, 0) is 0 Å². The van der Waals surface area contributed by atoms with E-state index in [1.165, 1.54) is 0 Å². The second kappa shape index (κ2) is 8.85. The SMILES string of the molecule is Br.[Cl][Sn][Cl]. The van der Waals surface area contributed by atoms with E-state index in [0.29, 0.717) is 0 Å². The summed E-state index contributed by atoms with van der Waals surface area (Å²) >= 11 is -0.826. The van der Waals surface area contributed by atoms with Crippen LogP contribution < -0.4 is 0 Å². The standard InChI is InChI=1S/BrH.2ClH.Sn/h3*1H;/q;;;+2/p-2. The molecule has 0 aliphatic carbocycles. The van der Waals surface area contributed by atoms with E-state index in [0.717, 1.165) is 0 Å². The summed E-state index contributed by atoms with van der Waals surface area (Å²) in [6.07, 6.45) is 0. The van der Waals surface area contributed by atoms with E-state index in [2.05, 4.69) is 0 Å². The Morgan fingerprint density at radius 2 is 1.25 bits per heavy atom. The molecule has 0 aromatic carbocycles. The van der Waals surface area contributed by atoms with E-state index in [9.17, 15) is 0 Å². The van der Waals surface area contributed by atoms with Gasteiger partial charge in [-0.25, -0.2) is 0 Å². The van der Waals surface area contributed by atoms with Gasteiger partial charge >= 0.3 is 36.7 Å². The fourth-order valence-corrected chi connectivity index (χ4v) is 0. The van der Waals surface area contributed by atoms with E-state index in [4.69, 9.17) is 17.8 Å². The van der Waals surface area contributed by atoms with Gasteiger partial charge in [-0.05, 0) is 0 Å². The summed E-state index contributed by atoms with van der Waals surface area (Å²) < 4.78 is 0. The van der Waals surface area contributed by atoms with Crippen LogP contribution >= 0.6 is 34.8 Å². The molecule has 0 heterocycles. The monoisotopic (exact) mass is 270 g/mol. The van der Waals surface area contributed by atoms with Crippen LogP contribution in [0.25, 0.3) is 0 Å². The molecule has 0 aliphatic rings. The molecule has 0 amide bonds. The quantitative estimate of drug-likeness (QED) is 0.586. The van der Waals surface area contributed by atoms with Gasteiger partial charge in [0.05, 0.1) is 0 Å². The van der Waals surface area contributed by atoms with Gasteiger partial charge in [-0.15, -0.1) is 17.0 Å². The van der Waals surface area contributed by atoms with Gasteiger partial charge in [0.2, 0.25) is 0 Å². The van der Waals surface area contributed by atoms with E-state index in [1.807, 2.05) is 0 Å². The molecule has 4 heteroatoms. The Morgan fingerprint density at radius 3 is 1.25 bits per heavy atom. The molecule has 0 atom stereocenters. The molecule has 0 fully saturated rings. The van der Waals surface area contributed by atoms with Gasteiger partial charge in [0.25, 0.3) is 0 Å². The summed E-state index contributed by atoms with van der Waals surface area (Å²) in [4.78, 5) is 0. The molecule has 0 aromatic heterocycles. The Hall–Kier alpha value is 1.86. The normalized spacial score (nSPS) is 4.50. The van der Waals surface area contributed by atoms with Crippen molar-refractivity contribution in [3.05, 3.63) is 0 Å². The van der Waals surface area contributed by atoms with Gasteiger partial charge in [0.1, 0.15) is 0 Å². The number of halogens is 3. The van der Waals surface area contributed by atoms with Crippen molar-refractivity contribution < 1.29 is 0 Å². The Kier molecular flexibility index (Phi) is 20.6. The van der Waals surface area contributed by atoms with Gasteiger partial charge in [0.15, 0.2) is 0 Å². The van der Waals surface area contributed by atoms with Crippen LogP contribution in [0, 0.1) is 0 Å². The van der Waals surface area contributed by atoms with Crippen LogP contribution in [0.5, 0.6) is 0 Å². The third-order valence-electron chi connectivity index (χ3n) is 0. The molecule has 0 saturated carbocycles. The molecule has 0 aliphatic heterocycles. The first-order chi connectivity index (χ1) is 1.41. The van der Waals surface area contributed by atoms with Crippen LogP contribution in [0.4, 0.5) is 0 Å². The Morgan fingerprint density at radius 1 is 1.25 bits per heavy atom. The van der Waals surface area contributed by atoms with Gasteiger partial charge in [-0.1, -0.05) is 0 Å². The molecule has 0 rings (SSSR count). The van der Waals surface area contributed by atoms with Crippen LogP contribution in [0.3, 0.4) is 0 Å². The van der Waals surface area contributed by atoms with E-state index in [-0.39, 0.29) is 17.0 Å². The van der Waals surface area contributed by atoms with Crippen molar-refractivity contribution in [1.82, 2.24) is 0 Å². The fraction of sp³-hybridized carbons (Fsp3) is 0. The average molecular weight is 271 g/mol. The predicted molar refractivity (Wildman–Crippen MR) is 27.8 cm³/mol. The molecule has 0 bridgehead atoms. The molecule has 0 unspecified atom stereocenters. The summed E-state index contributed by atoms with van der Waals surface area (Å²) in [5.41, 5.74) is 0.